The molecule has 1 N–H and O–H groups in total. The summed E-state index contributed by atoms with van der Waals surface area (Å²) in [7, 11) is 1.74. The van der Waals surface area contributed by atoms with E-state index in [0.717, 1.165) is 25.0 Å². The molecule has 2 unspecified atom stereocenters. The first-order valence-electron chi connectivity index (χ1n) is 6.88. The maximum absolute atomic E-state index is 11.1. The van der Waals surface area contributed by atoms with Crippen molar-refractivity contribution in [2.45, 2.75) is 51.8 Å². The van der Waals surface area contributed by atoms with Gasteiger partial charge >= 0.3 is 0 Å². The Bertz CT molecular complexity index is 505. The van der Waals surface area contributed by atoms with Gasteiger partial charge in [0.05, 0.1) is 16.7 Å². The number of methoxy groups -OCH3 is 1. The van der Waals surface area contributed by atoms with E-state index in [0.29, 0.717) is 29.8 Å². The molecule has 1 fully saturated rings. The molecule has 0 saturated heterocycles. The van der Waals surface area contributed by atoms with Crippen LogP contribution in [-0.2, 0) is 11.3 Å². The van der Waals surface area contributed by atoms with Crippen molar-refractivity contribution < 1.29 is 9.66 Å². The molecule has 1 heterocycles. The van der Waals surface area contributed by atoms with Crippen LogP contribution in [0.1, 0.15) is 36.1 Å². The third kappa shape index (κ3) is 3.13. The van der Waals surface area contributed by atoms with Crippen LogP contribution >= 0.6 is 0 Å². The maximum Gasteiger partial charge on any atom is 0.278 e. The highest BCUT2D eigenvalue weighted by Gasteiger charge is 2.25. The van der Waals surface area contributed by atoms with Gasteiger partial charge in [0.2, 0.25) is 0 Å². The minimum absolute atomic E-state index is 0.179. The van der Waals surface area contributed by atoms with Gasteiger partial charge in [-0.1, -0.05) is 0 Å². The second kappa shape index (κ2) is 6.28. The van der Waals surface area contributed by atoms with Crippen molar-refractivity contribution in [1.29, 1.82) is 0 Å². The van der Waals surface area contributed by atoms with Crippen molar-refractivity contribution in [2.75, 3.05) is 7.11 Å². The summed E-state index contributed by atoms with van der Waals surface area (Å²) in [5.41, 5.74) is 2.20. The Kier molecular flexibility index (Phi) is 4.67. The zero-order valence-electron chi connectivity index (χ0n) is 12.2. The minimum Gasteiger partial charge on any atom is -0.381 e. The Hall–Kier alpha value is -1.53. The van der Waals surface area contributed by atoms with E-state index >= 15 is 0 Å². The van der Waals surface area contributed by atoms with Crippen LogP contribution in [0.5, 0.6) is 0 Å². The quantitative estimate of drug-likeness (QED) is 0.661. The van der Waals surface area contributed by atoms with Gasteiger partial charge in [-0.25, -0.2) is 0 Å². The molecule has 0 bridgehead atoms. The number of aromatic nitrogens is 1. The second-order valence-electron chi connectivity index (χ2n) is 5.37. The summed E-state index contributed by atoms with van der Waals surface area (Å²) in [6.45, 7) is 4.05. The van der Waals surface area contributed by atoms with Crippen LogP contribution in [0.15, 0.2) is 6.20 Å². The first kappa shape index (κ1) is 14.9. The monoisotopic (exact) mass is 279 g/mol. The number of nitro groups is 1. The van der Waals surface area contributed by atoms with E-state index in [1.165, 1.54) is 0 Å². The Balaban J connectivity index is 2.04. The van der Waals surface area contributed by atoms with Crippen LogP contribution < -0.4 is 5.32 Å². The van der Waals surface area contributed by atoms with Crippen LogP contribution in [0.25, 0.3) is 0 Å². The van der Waals surface area contributed by atoms with E-state index in [4.69, 9.17) is 4.74 Å². The Labute approximate surface area is 118 Å². The summed E-state index contributed by atoms with van der Waals surface area (Å²) in [6, 6.07) is 0.404. The van der Waals surface area contributed by atoms with Crippen LogP contribution in [0.3, 0.4) is 0 Å². The van der Waals surface area contributed by atoms with Gasteiger partial charge in [-0.15, -0.1) is 0 Å². The van der Waals surface area contributed by atoms with Gasteiger partial charge in [-0.05, 0) is 33.1 Å². The molecule has 20 heavy (non-hydrogen) atoms. The molecule has 0 spiro atoms. The van der Waals surface area contributed by atoms with Crippen molar-refractivity contribution in [2.24, 2.45) is 0 Å². The lowest BCUT2D eigenvalue weighted by Crippen LogP contribution is -2.27. The molecular weight excluding hydrogens is 258 g/mol. The number of nitrogens with zero attached hydrogens (tertiary/aromatic N) is 2. The summed E-state index contributed by atoms with van der Waals surface area (Å²) in [5, 5.41) is 14.5. The van der Waals surface area contributed by atoms with Gasteiger partial charge < -0.3 is 10.1 Å². The minimum atomic E-state index is -0.327. The predicted molar refractivity (Wildman–Crippen MR) is 75.6 cm³/mol. The number of hydrogen-bond acceptors (Lipinski definition) is 5. The number of nitrogens with one attached hydrogen (secondary N) is 1. The maximum atomic E-state index is 11.1. The van der Waals surface area contributed by atoms with E-state index in [9.17, 15) is 10.1 Å². The van der Waals surface area contributed by atoms with Crippen molar-refractivity contribution >= 4 is 5.69 Å². The van der Waals surface area contributed by atoms with E-state index < -0.39 is 0 Å². The Morgan fingerprint density at radius 2 is 2.25 bits per heavy atom. The fourth-order valence-corrected chi connectivity index (χ4v) is 2.80. The molecule has 1 saturated carbocycles. The molecule has 6 heteroatoms. The molecule has 1 aromatic heterocycles. The SMILES string of the molecule is COC1CCC(NCc2ncc(C)c([N+](=O)[O-])c2C)C1. The highest BCUT2D eigenvalue weighted by molar-refractivity contribution is 5.47. The molecule has 6 nitrogen and oxygen atoms in total. The second-order valence-corrected chi connectivity index (χ2v) is 5.37. The van der Waals surface area contributed by atoms with E-state index in [-0.39, 0.29) is 10.6 Å². The molecule has 1 aromatic rings. The standard InChI is InChI=1S/C14H21N3O3/c1-9-7-16-13(10(2)14(9)17(18)19)8-15-11-4-5-12(6-11)20-3/h7,11-12,15H,4-6,8H2,1-3H3. The summed E-state index contributed by atoms with van der Waals surface area (Å²) >= 11 is 0. The zero-order chi connectivity index (χ0) is 14.7. The molecular formula is C14H21N3O3. The molecule has 110 valence electrons. The predicted octanol–water partition coefficient (Wildman–Crippen LogP) is 2.26. The molecule has 2 rings (SSSR count). The van der Waals surface area contributed by atoms with E-state index in [1.807, 2.05) is 0 Å². The van der Waals surface area contributed by atoms with Crippen molar-refractivity contribution in [3.63, 3.8) is 0 Å². The molecule has 0 radical (unpaired) electrons. The van der Waals surface area contributed by atoms with Gasteiger partial charge in [0.1, 0.15) is 0 Å². The lowest BCUT2D eigenvalue weighted by atomic mass is 10.1. The van der Waals surface area contributed by atoms with Gasteiger partial charge in [0.25, 0.3) is 5.69 Å². The summed E-state index contributed by atoms with van der Waals surface area (Å²) < 4.78 is 5.34. The number of pyridine rings is 1. The lowest BCUT2D eigenvalue weighted by Gasteiger charge is -2.14. The van der Waals surface area contributed by atoms with Crippen molar-refractivity contribution in [1.82, 2.24) is 10.3 Å². The molecule has 0 amide bonds. The largest absolute Gasteiger partial charge is 0.381 e. The van der Waals surface area contributed by atoms with Gasteiger partial charge in [0.15, 0.2) is 0 Å². The lowest BCUT2D eigenvalue weighted by molar-refractivity contribution is -0.386. The van der Waals surface area contributed by atoms with Crippen molar-refractivity contribution in [3.8, 4) is 0 Å². The third-order valence-electron chi connectivity index (χ3n) is 4.03. The molecule has 0 aliphatic heterocycles. The topological polar surface area (TPSA) is 77.3 Å². The molecule has 1 aliphatic carbocycles. The highest BCUT2D eigenvalue weighted by Crippen LogP contribution is 2.25. The first-order valence-corrected chi connectivity index (χ1v) is 6.88. The smallest absolute Gasteiger partial charge is 0.278 e. The fourth-order valence-electron chi connectivity index (χ4n) is 2.80. The van der Waals surface area contributed by atoms with Crippen LogP contribution in [-0.4, -0.2) is 29.2 Å². The summed E-state index contributed by atoms with van der Waals surface area (Å²) in [5.74, 6) is 0. The first-order chi connectivity index (χ1) is 9.52. The number of hydrogen-bond donors (Lipinski definition) is 1. The number of aryl methyl sites for hydroxylation is 1. The van der Waals surface area contributed by atoms with E-state index in [2.05, 4.69) is 10.3 Å². The van der Waals surface area contributed by atoms with Crippen LogP contribution in [0, 0.1) is 24.0 Å². The average Bonchev–Trinajstić information content (AvgIpc) is 2.85. The molecule has 0 aromatic carbocycles. The Morgan fingerprint density at radius 1 is 1.50 bits per heavy atom. The average molecular weight is 279 g/mol. The molecule has 2 atom stereocenters. The highest BCUT2D eigenvalue weighted by atomic mass is 16.6. The van der Waals surface area contributed by atoms with Crippen LogP contribution in [0.2, 0.25) is 0 Å². The number of rotatable bonds is 5. The normalized spacial score (nSPS) is 22.1. The van der Waals surface area contributed by atoms with Gasteiger partial charge in [0, 0.05) is 37.0 Å². The Morgan fingerprint density at radius 3 is 2.85 bits per heavy atom. The molecule has 1 aliphatic rings. The van der Waals surface area contributed by atoms with E-state index in [1.54, 1.807) is 27.2 Å². The summed E-state index contributed by atoms with van der Waals surface area (Å²) in [4.78, 5) is 15.1. The third-order valence-corrected chi connectivity index (χ3v) is 4.03. The van der Waals surface area contributed by atoms with Crippen molar-refractivity contribution in [3.05, 3.63) is 33.1 Å². The fraction of sp³-hybridized carbons (Fsp3) is 0.643. The van der Waals surface area contributed by atoms with Gasteiger partial charge in [-0.2, -0.15) is 0 Å². The van der Waals surface area contributed by atoms with Crippen LogP contribution in [0.4, 0.5) is 5.69 Å². The zero-order valence-corrected chi connectivity index (χ0v) is 12.2. The summed E-state index contributed by atoms with van der Waals surface area (Å²) in [6.07, 6.45) is 5.03. The van der Waals surface area contributed by atoms with Gasteiger partial charge in [-0.3, -0.25) is 15.1 Å². The number of ether oxygens (including phenoxy) is 1.